The molecule has 140 valence electrons. The van der Waals surface area contributed by atoms with Crippen LogP contribution in [0.25, 0.3) is 6.08 Å². The van der Waals surface area contributed by atoms with E-state index >= 15 is 0 Å². The van der Waals surface area contributed by atoms with Crippen molar-refractivity contribution < 1.29 is 19.8 Å². The van der Waals surface area contributed by atoms with Crippen molar-refractivity contribution >= 4 is 51.9 Å². The van der Waals surface area contributed by atoms with Gasteiger partial charge in [0.15, 0.2) is 0 Å². The molecule has 1 aromatic rings. The van der Waals surface area contributed by atoms with Crippen LogP contribution < -0.4 is 4.90 Å². The van der Waals surface area contributed by atoms with Gasteiger partial charge in [-0.1, -0.05) is 36.1 Å². The average molecular weight is 395 g/mol. The molecule has 2 rings (SSSR count). The van der Waals surface area contributed by atoms with Crippen molar-refractivity contribution in [3.8, 4) is 0 Å². The van der Waals surface area contributed by atoms with Crippen LogP contribution in [0.4, 0.5) is 5.69 Å². The zero-order chi connectivity index (χ0) is 19.1. The van der Waals surface area contributed by atoms with Crippen LogP contribution in [0.5, 0.6) is 0 Å². The van der Waals surface area contributed by atoms with E-state index in [0.29, 0.717) is 28.7 Å². The van der Waals surface area contributed by atoms with E-state index in [1.165, 1.54) is 16.7 Å². The van der Waals surface area contributed by atoms with Crippen molar-refractivity contribution in [2.24, 2.45) is 0 Å². The number of aliphatic carboxylic acids is 1. The van der Waals surface area contributed by atoms with Crippen molar-refractivity contribution in [3.63, 3.8) is 0 Å². The third-order valence-electron chi connectivity index (χ3n) is 3.95. The second kappa shape index (κ2) is 9.70. The molecule has 2 N–H and O–H groups in total. The minimum absolute atomic E-state index is 0.0132. The number of carbonyl (C=O) groups is 2. The van der Waals surface area contributed by atoms with E-state index in [1.807, 2.05) is 31.2 Å². The maximum absolute atomic E-state index is 12.5. The molecule has 26 heavy (non-hydrogen) atoms. The van der Waals surface area contributed by atoms with Crippen LogP contribution >= 0.6 is 24.0 Å². The number of thioether (sulfide) groups is 1. The molecule has 1 heterocycles. The maximum Gasteiger partial charge on any atom is 0.303 e. The number of thiocarbonyl (C=S) groups is 1. The summed E-state index contributed by atoms with van der Waals surface area (Å²) in [4.78, 5) is 27.1. The number of carboxylic acid groups (broad SMARTS) is 1. The number of anilines is 1. The molecule has 0 aliphatic carbocycles. The molecule has 1 fully saturated rings. The molecule has 6 nitrogen and oxygen atoms in total. The Morgan fingerprint density at radius 1 is 1.35 bits per heavy atom. The summed E-state index contributed by atoms with van der Waals surface area (Å²) >= 11 is 6.48. The fourth-order valence-corrected chi connectivity index (χ4v) is 3.91. The molecule has 1 aliphatic rings. The van der Waals surface area contributed by atoms with Crippen molar-refractivity contribution in [2.45, 2.75) is 19.8 Å². The number of hydrogen-bond acceptors (Lipinski definition) is 6. The van der Waals surface area contributed by atoms with E-state index in [2.05, 4.69) is 4.90 Å². The fourth-order valence-electron chi connectivity index (χ4n) is 2.60. The van der Waals surface area contributed by atoms with E-state index in [0.717, 1.165) is 17.8 Å². The molecule has 1 aromatic carbocycles. The Hall–Kier alpha value is -1.90. The summed E-state index contributed by atoms with van der Waals surface area (Å²) in [5.74, 6) is -1.06. The van der Waals surface area contributed by atoms with Gasteiger partial charge in [0, 0.05) is 31.7 Å². The Labute approximate surface area is 162 Å². The zero-order valence-electron chi connectivity index (χ0n) is 14.6. The lowest BCUT2D eigenvalue weighted by molar-refractivity contribution is -0.137. The van der Waals surface area contributed by atoms with E-state index in [9.17, 15) is 9.59 Å². The highest BCUT2D eigenvalue weighted by atomic mass is 32.2. The van der Waals surface area contributed by atoms with Gasteiger partial charge in [0.25, 0.3) is 5.91 Å². The van der Waals surface area contributed by atoms with Crippen molar-refractivity contribution in [2.75, 3.05) is 31.1 Å². The molecule has 1 saturated heterocycles. The maximum atomic E-state index is 12.5. The smallest absolute Gasteiger partial charge is 0.303 e. The first-order valence-corrected chi connectivity index (χ1v) is 9.61. The highest BCUT2D eigenvalue weighted by Gasteiger charge is 2.31. The molecule has 1 amide bonds. The van der Waals surface area contributed by atoms with Crippen LogP contribution in [0.1, 0.15) is 25.3 Å². The van der Waals surface area contributed by atoms with E-state index in [4.69, 9.17) is 22.4 Å². The first-order valence-electron chi connectivity index (χ1n) is 8.39. The van der Waals surface area contributed by atoms with Gasteiger partial charge >= 0.3 is 5.97 Å². The average Bonchev–Trinajstić information content (AvgIpc) is 2.87. The Morgan fingerprint density at radius 2 is 2.04 bits per heavy atom. The number of aliphatic hydroxyl groups is 1. The van der Waals surface area contributed by atoms with Gasteiger partial charge < -0.3 is 15.1 Å². The number of amides is 1. The van der Waals surface area contributed by atoms with E-state index < -0.39 is 5.97 Å². The minimum atomic E-state index is -0.881. The normalized spacial score (nSPS) is 15.8. The molecular formula is C18H22N2O4S2. The highest BCUT2D eigenvalue weighted by Crippen LogP contribution is 2.33. The lowest BCUT2D eigenvalue weighted by atomic mass is 10.1. The second-order valence-corrected chi connectivity index (χ2v) is 7.40. The number of benzene rings is 1. The predicted molar refractivity (Wildman–Crippen MR) is 108 cm³/mol. The van der Waals surface area contributed by atoms with Crippen molar-refractivity contribution in [1.29, 1.82) is 0 Å². The molecule has 0 spiro atoms. The quantitative estimate of drug-likeness (QED) is 0.492. The summed E-state index contributed by atoms with van der Waals surface area (Å²) < 4.78 is 0.461. The van der Waals surface area contributed by atoms with Crippen molar-refractivity contribution in [3.05, 3.63) is 34.7 Å². The number of carboxylic acids is 1. The van der Waals surface area contributed by atoms with Crippen LogP contribution in [0.2, 0.25) is 0 Å². The largest absolute Gasteiger partial charge is 0.481 e. The molecule has 8 heteroatoms. The summed E-state index contributed by atoms with van der Waals surface area (Å²) in [5.41, 5.74) is 1.90. The fraction of sp³-hybridized carbons (Fsp3) is 0.389. The molecule has 0 bridgehead atoms. The van der Waals surface area contributed by atoms with E-state index in [-0.39, 0.29) is 18.9 Å². The standard InChI is InChI=1S/C18H22N2O4S2/c1-2-19(10-11-21)14-7-5-13(6-8-14)12-15-17(24)20(18(25)26-15)9-3-4-16(22)23/h5-8,12,21H,2-4,9-11H2,1H3,(H,22,23). The molecule has 0 aromatic heterocycles. The molecular weight excluding hydrogens is 372 g/mol. The third kappa shape index (κ3) is 5.30. The lowest BCUT2D eigenvalue weighted by Gasteiger charge is -2.21. The Balaban J connectivity index is 2.06. The van der Waals surface area contributed by atoms with Gasteiger partial charge in [-0.3, -0.25) is 14.5 Å². The highest BCUT2D eigenvalue weighted by molar-refractivity contribution is 8.26. The zero-order valence-corrected chi connectivity index (χ0v) is 16.2. The predicted octanol–water partition coefficient (Wildman–Crippen LogP) is 2.57. The monoisotopic (exact) mass is 394 g/mol. The van der Waals surface area contributed by atoms with Gasteiger partial charge in [-0.2, -0.15) is 0 Å². The molecule has 0 radical (unpaired) electrons. The number of aliphatic hydroxyl groups excluding tert-OH is 1. The van der Waals surface area contributed by atoms with Gasteiger partial charge in [-0.25, -0.2) is 0 Å². The first kappa shape index (κ1) is 20.4. The molecule has 1 aliphatic heterocycles. The van der Waals surface area contributed by atoms with Gasteiger partial charge in [-0.05, 0) is 37.1 Å². The Kier molecular flexibility index (Phi) is 7.62. The Morgan fingerprint density at radius 3 is 2.62 bits per heavy atom. The second-order valence-electron chi connectivity index (χ2n) is 5.73. The van der Waals surface area contributed by atoms with Crippen molar-refractivity contribution in [1.82, 2.24) is 4.90 Å². The van der Waals surface area contributed by atoms with Gasteiger partial charge in [0.05, 0.1) is 11.5 Å². The summed E-state index contributed by atoms with van der Waals surface area (Å²) in [6, 6.07) is 7.76. The topological polar surface area (TPSA) is 81.1 Å². The molecule has 0 unspecified atom stereocenters. The van der Waals surface area contributed by atoms with Crippen LogP contribution in [0.15, 0.2) is 29.2 Å². The summed E-state index contributed by atoms with van der Waals surface area (Å²) in [5, 5.41) is 17.8. The van der Waals surface area contributed by atoms with Gasteiger partial charge in [0.1, 0.15) is 4.32 Å². The lowest BCUT2D eigenvalue weighted by Crippen LogP contribution is -2.29. The van der Waals surface area contributed by atoms with E-state index in [1.54, 1.807) is 6.08 Å². The summed E-state index contributed by atoms with van der Waals surface area (Å²) in [6.07, 6.45) is 2.18. The minimum Gasteiger partial charge on any atom is -0.481 e. The number of nitrogens with zero attached hydrogens (tertiary/aromatic N) is 2. The van der Waals surface area contributed by atoms with Crippen LogP contribution in [-0.2, 0) is 9.59 Å². The van der Waals surface area contributed by atoms with Crippen LogP contribution in [-0.4, -0.2) is 57.6 Å². The third-order valence-corrected chi connectivity index (χ3v) is 5.33. The van der Waals surface area contributed by atoms with Crippen LogP contribution in [0.3, 0.4) is 0 Å². The first-order chi connectivity index (χ1) is 12.5. The number of likely N-dealkylation sites (N-methyl/N-ethyl adjacent to an activating group) is 1. The number of rotatable bonds is 9. The van der Waals surface area contributed by atoms with Gasteiger partial charge in [-0.15, -0.1) is 0 Å². The molecule has 0 saturated carbocycles. The number of hydrogen-bond donors (Lipinski definition) is 2. The van der Waals surface area contributed by atoms with Gasteiger partial charge in [0.2, 0.25) is 0 Å². The summed E-state index contributed by atoms with van der Waals surface area (Å²) in [6.45, 7) is 3.82. The SMILES string of the molecule is CCN(CCO)c1ccc(C=C2SC(=S)N(CCCC(=O)O)C2=O)cc1. The Bertz CT molecular complexity index is 704. The summed E-state index contributed by atoms with van der Waals surface area (Å²) in [7, 11) is 0. The number of carbonyl (C=O) groups excluding carboxylic acids is 1. The molecule has 0 atom stereocenters. The van der Waals surface area contributed by atoms with Crippen LogP contribution in [0, 0.1) is 0 Å².